The van der Waals surface area contributed by atoms with E-state index in [-0.39, 0.29) is 5.41 Å². The van der Waals surface area contributed by atoms with Crippen LogP contribution in [0, 0.1) is 12.8 Å². The zero-order valence-electron chi connectivity index (χ0n) is 18.5. The first kappa shape index (κ1) is 27.2. The zero-order valence-corrected chi connectivity index (χ0v) is 20.8. The summed E-state index contributed by atoms with van der Waals surface area (Å²) in [5, 5.41) is 10.5. The quantitative estimate of drug-likeness (QED) is 0.215. The van der Waals surface area contributed by atoms with Gasteiger partial charge in [0.1, 0.15) is 5.82 Å². The van der Waals surface area contributed by atoms with E-state index in [1.165, 1.54) is 5.57 Å². The molecule has 3 nitrogen and oxygen atoms in total. The topological polar surface area (TPSA) is 30.7 Å². The number of alkyl halides is 1. The van der Waals surface area contributed by atoms with Gasteiger partial charge in [0.25, 0.3) is 0 Å². The van der Waals surface area contributed by atoms with Gasteiger partial charge in [0.15, 0.2) is 5.82 Å². The van der Waals surface area contributed by atoms with Gasteiger partial charge in [-0.05, 0) is 39.7 Å². The molecule has 0 amide bonds. The molecule has 0 aromatic carbocycles. The molecule has 1 aromatic rings. The molecular formula is C24H33BrClN3. The van der Waals surface area contributed by atoms with Gasteiger partial charge >= 0.3 is 0 Å². The lowest BCUT2D eigenvalue weighted by Gasteiger charge is -2.28. The van der Waals surface area contributed by atoms with Crippen LogP contribution in [0.15, 0.2) is 53.1 Å². The Morgan fingerprint density at radius 3 is 2.41 bits per heavy atom. The summed E-state index contributed by atoms with van der Waals surface area (Å²) in [5.41, 5.74) is 3.13. The van der Waals surface area contributed by atoms with Gasteiger partial charge in [-0.25, -0.2) is 0 Å². The van der Waals surface area contributed by atoms with E-state index in [1.54, 1.807) is 0 Å². The van der Waals surface area contributed by atoms with Crippen LogP contribution in [0.4, 0.5) is 0 Å². The summed E-state index contributed by atoms with van der Waals surface area (Å²) in [6.45, 7) is 14.4. The van der Waals surface area contributed by atoms with E-state index in [0.29, 0.717) is 6.42 Å². The first-order valence-corrected chi connectivity index (χ1v) is 11.0. The maximum absolute atomic E-state index is 6.57. The van der Waals surface area contributed by atoms with E-state index in [4.69, 9.17) is 11.6 Å². The lowest BCUT2D eigenvalue weighted by atomic mass is 9.79. The Hall–Kier alpha value is -1.83. The lowest BCUT2D eigenvalue weighted by Crippen LogP contribution is -2.27. The molecule has 0 saturated carbocycles. The van der Waals surface area contributed by atoms with Crippen molar-refractivity contribution >= 4 is 33.1 Å². The number of rotatable bonds is 9. The van der Waals surface area contributed by atoms with Gasteiger partial charge < -0.3 is 4.57 Å². The number of aromatic nitrogens is 3. The molecule has 1 heterocycles. The van der Waals surface area contributed by atoms with Gasteiger partial charge in [0.05, 0.1) is 0 Å². The van der Waals surface area contributed by atoms with Crippen molar-refractivity contribution in [2.75, 3.05) is 5.33 Å². The second-order valence-corrected chi connectivity index (χ2v) is 7.84. The molecule has 0 fully saturated rings. The van der Waals surface area contributed by atoms with Crippen LogP contribution in [0.3, 0.4) is 0 Å². The molecule has 29 heavy (non-hydrogen) atoms. The van der Waals surface area contributed by atoms with E-state index in [0.717, 1.165) is 39.6 Å². The standard InChI is InChI=1S/C22H31BrClN3.C2H2/c1-8-11-12-16(4)22(6,10-3)21-26-25-20(27(21)7)17(5)19(24)14-13-18(9-2)15-23;1-2/h8-9,11-13H,2,10,14-15H2,1,3-7H3;1-2H/b11-8-,16-12+,18-13+,19-17-;. The van der Waals surface area contributed by atoms with Crippen molar-refractivity contribution in [2.24, 2.45) is 7.05 Å². The minimum atomic E-state index is -0.182. The van der Waals surface area contributed by atoms with Crippen molar-refractivity contribution < 1.29 is 0 Å². The van der Waals surface area contributed by atoms with Gasteiger partial charge in [-0.2, -0.15) is 0 Å². The van der Waals surface area contributed by atoms with Crippen LogP contribution in [-0.2, 0) is 12.5 Å². The number of terminal acetylenes is 1. The molecule has 0 N–H and O–H groups in total. The number of allylic oxidation sites excluding steroid dienone is 9. The molecule has 1 unspecified atom stereocenters. The van der Waals surface area contributed by atoms with Gasteiger partial charge in [-0.15, -0.1) is 23.0 Å². The van der Waals surface area contributed by atoms with Crippen LogP contribution in [0.5, 0.6) is 0 Å². The summed E-state index contributed by atoms with van der Waals surface area (Å²) in [6.07, 6.45) is 19.7. The largest absolute Gasteiger partial charge is 0.314 e. The van der Waals surface area contributed by atoms with Crippen molar-refractivity contribution in [1.29, 1.82) is 0 Å². The van der Waals surface area contributed by atoms with Crippen LogP contribution in [0.25, 0.3) is 5.57 Å². The average molecular weight is 479 g/mol. The van der Waals surface area contributed by atoms with E-state index in [1.807, 2.05) is 33.0 Å². The van der Waals surface area contributed by atoms with Crippen LogP contribution in [0.2, 0.25) is 0 Å². The Bertz CT molecular complexity index is 824. The van der Waals surface area contributed by atoms with E-state index >= 15 is 0 Å². The highest BCUT2D eigenvalue weighted by molar-refractivity contribution is 9.09. The third kappa shape index (κ3) is 6.87. The summed E-state index contributed by atoms with van der Waals surface area (Å²) in [6, 6.07) is 0. The summed E-state index contributed by atoms with van der Waals surface area (Å²) in [7, 11) is 2.01. The molecule has 0 aliphatic rings. The van der Waals surface area contributed by atoms with Crippen LogP contribution in [0.1, 0.15) is 59.1 Å². The SMILES string of the molecule is C#C.C=C/C(=C\C/C(Cl)=C(\C)c1nnc(C(C)(CC)/C(C)=C/C=C\C)n1C)CBr. The molecule has 1 atom stereocenters. The molecule has 158 valence electrons. The third-order valence-electron chi connectivity index (χ3n) is 5.19. The molecule has 5 heteroatoms. The average Bonchev–Trinajstić information content (AvgIpc) is 3.14. The molecule has 0 aliphatic carbocycles. The van der Waals surface area contributed by atoms with Gasteiger partial charge in [-0.1, -0.05) is 77.0 Å². The minimum absolute atomic E-state index is 0.182. The molecule has 1 aromatic heterocycles. The molecular weight excluding hydrogens is 446 g/mol. The van der Waals surface area contributed by atoms with Crippen LogP contribution >= 0.6 is 27.5 Å². The third-order valence-corrected chi connectivity index (χ3v) is 6.27. The van der Waals surface area contributed by atoms with Crippen molar-refractivity contribution in [3.05, 3.63) is 64.8 Å². The van der Waals surface area contributed by atoms with Crippen LogP contribution < -0.4 is 0 Å². The van der Waals surface area contributed by atoms with Crippen molar-refractivity contribution in [1.82, 2.24) is 14.8 Å². The highest BCUT2D eigenvalue weighted by atomic mass is 79.9. The number of hydrogen-bond donors (Lipinski definition) is 0. The number of hydrogen-bond acceptors (Lipinski definition) is 2. The second kappa shape index (κ2) is 13.4. The predicted octanol–water partition coefficient (Wildman–Crippen LogP) is 7.12. The van der Waals surface area contributed by atoms with Gasteiger partial charge in [-0.3, -0.25) is 0 Å². The van der Waals surface area contributed by atoms with Crippen molar-refractivity contribution in [3.8, 4) is 12.8 Å². The molecule has 0 radical (unpaired) electrons. The maximum Gasteiger partial charge on any atom is 0.160 e. The van der Waals surface area contributed by atoms with Crippen LogP contribution in [-0.4, -0.2) is 20.1 Å². The summed E-state index contributed by atoms with van der Waals surface area (Å²) < 4.78 is 2.07. The fraction of sp³-hybridized carbons (Fsp3) is 0.417. The normalized spacial score (nSPS) is 15.4. The summed E-state index contributed by atoms with van der Waals surface area (Å²) in [4.78, 5) is 0. The Morgan fingerprint density at radius 2 is 1.93 bits per heavy atom. The summed E-state index contributed by atoms with van der Waals surface area (Å²) >= 11 is 10.0. The first-order valence-electron chi connectivity index (χ1n) is 9.53. The fourth-order valence-electron chi connectivity index (χ4n) is 2.86. The molecule has 1 rings (SSSR count). The smallest absolute Gasteiger partial charge is 0.160 e. The highest BCUT2D eigenvalue weighted by Crippen LogP contribution is 2.35. The van der Waals surface area contributed by atoms with E-state index < -0.39 is 0 Å². The van der Waals surface area contributed by atoms with Gasteiger partial charge in [0.2, 0.25) is 0 Å². The molecule has 0 bridgehead atoms. The Morgan fingerprint density at radius 1 is 1.31 bits per heavy atom. The highest BCUT2D eigenvalue weighted by Gasteiger charge is 2.32. The molecule has 0 aliphatic heterocycles. The Labute approximate surface area is 190 Å². The maximum atomic E-state index is 6.57. The van der Waals surface area contributed by atoms with E-state index in [9.17, 15) is 0 Å². The minimum Gasteiger partial charge on any atom is -0.314 e. The lowest BCUT2D eigenvalue weighted by molar-refractivity contribution is 0.481. The second-order valence-electron chi connectivity index (χ2n) is 6.82. The number of halogens is 2. The van der Waals surface area contributed by atoms with Crippen molar-refractivity contribution in [3.63, 3.8) is 0 Å². The zero-order chi connectivity index (χ0) is 22.6. The predicted molar refractivity (Wildman–Crippen MR) is 132 cm³/mol. The fourth-order valence-corrected chi connectivity index (χ4v) is 3.48. The summed E-state index contributed by atoms with van der Waals surface area (Å²) in [5.74, 6) is 1.76. The van der Waals surface area contributed by atoms with Gasteiger partial charge in [0, 0.05) is 34.8 Å². The Kier molecular flexibility index (Phi) is 12.6. The molecule has 0 saturated heterocycles. The van der Waals surface area contributed by atoms with E-state index in [2.05, 4.69) is 89.1 Å². The number of nitrogens with zero attached hydrogens (tertiary/aromatic N) is 3. The van der Waals surface area contributed by atoms with Crippen molar-refractivity contribution in [2.45, 2.75) is 52.9 Å². The monoisotopic (exact) mass is 477 g/mol. The first-order chi connectivity index (χ1) is 13.8. The molecule has 0 spiro atoms. The Balaban J connectivity index is 0.00000379.